The zero-order valence-electron chi connectivity index (χ0n) is 13.3. The van der Waals surface area contributed by atoms with Crippen molar-refractivity contribution in [1.82, 2.24) is 15.1 Å². The van der Waals surface area contributed by atoms with Gasteiger partial charge in [0.05, 0.1) is 10.4 Å². The topological polar surface area (TPSA) is 49.0 Å². The number of allylic oxidation sites excluding steroid dienone is 2. The first-order valence-corrected chi connectivity index (χ1v) is 9.23. The lowest BCUT2D eigenvalue weighted by molar-refractivity contribution is 0.0749. The summed E-state index contributed by atoms with van der Waals surface area (Å²) < 4.78 is 0. The number of thiophene rings is 1. The molecule has 1 atom stereocenters. The van der Waals surface area contributed by atoms with Crippen LogP contribution in [0.5, 0.6) is 0 Å². The molecule has 0 spiro atoms. The van der Waals surface area contributed by atoms with Gasteiger partial charge in [-0.15, -0.1) is 11.3 Å². The number of amides is 1. The van der Waals surface area contributed by atoms with Crippen LogP contribution >= 0.6 is 11.3 Å². The van der Waals surface area contributed by atoms with Crippen LogP contribution in [0.4, 0.5) is 0 Å². The predicted molar refractivity (Wildman–Crippen MR) is 92.3 cm³/mol. The summed E-state index contributed by atoms with van der Waals surface area (Å²) in [4.78, 5) is 16.0. The molecule has 1 saturated heterocycles. The van der Waals surface area contributed by atoms with Crippen molar-refractivity contribution >= 4 is 17.2 Å². The molecule has 2 aromatic rings. The molecule has 1 N–H and O–H groups in total. The molecule has 3 heterocycles. The van der Waals surface area contributed by atoms with Gasteiger partial charge in [0.15, 0.2) is 0 Å². The summed E-state index contributed by atoms with van der Waals surface area (Å²) in [6.07, 6.45) is 8.24. The maximum atomic E-state index is 13.0. The van der Waals surface area contributed by atoms with E-state index in [1.807, 2.05) is 29.3 Å². The average Bonchev–Trinajstić information content (AvgIpc) is 3.22. The van der Waals surface area contributed by atoms with Crippen LogP contribution in [0.1, 0.15) is 48.2 Å². The number of aryl methyl sites for hydroxylation is 1. The van der Waals surface area contributed by atoms with Gasteiger partial charge in [0.1, 0.15) is 5.69 Å². The molecule has 0 saturated carbocycles. The Hall–Kier alpha value is -1.88. The Labute approximate surface area is 140 Å². The molecule has 1 aliphatic heterocycles. The fourth-order valence-corrected chi connectivity index (χ4v) is 4.52. The summed E-state index contributed by atoms with van der Waals surface area (Å²) in [6.45, 7) is 2.84. The van der Waals surface area contributed by atoms with Crippen molar-refractivity contribution in [3.05, 3.63) is 40.5 Å². The number of likely N-dealkylation sites (tertiary alicyclic amines) is 1. The second-order valence-electron chi connectivity index (χ2n) is 6.49. The number of H-pyrrole nitrogens is 1. The number of nitrogens with zero attached hydrogens (tertiary/aromatic N) is 2. The third-order valence-electron chi connectivity index (χ3n) is 4.82. The van der Waals surface area contributed by atoms with E-state index in [0.29, 0.717) is 5.92 Å². The first kappa shape index (κ1) is 14.7. The highest BCUT2D eigenvalue weighted by atomic mass is 32.1. The minimum Gasteiger partial charge on any atom is -0.312 e. The zero-order valence-corrected chi connectivity index (χ0v) is 14.2. The number of carbonyl (C=O) groups is 1. The van der Waals surface area contributed by atoms with Crippen LogP contribution in [0.3, 0.4) is 0 Å². The van der Waals surface area contributed by atoms with Crippen molar-refractivity contribution in [2.24, 2.45) is 5.92 Å². The van der Waals surface area contributed by atoms with E-state index in [-0.39, 0.29) is 5.91 Å². The van der Waals surface area contributed by atoms with Gasteiger partial charge in [-0.25, -0.2) is 0 Å². The molecule has 2 aromatic heterocycles. The fourth-order valence-electron chi connectivity index (χ4n) is 3.68. The van der Waals surface area contributed by atoms with E-state index in [2.05, 4.69) is 16.3 Å². The summed E-state index contributed by atoms with van der Waals surface area (Å²) in [6, 6.07) is 4.00. The largest absolute Gasteiger partial charge is 0.312 e. The van der Waals surface area contributed by atoms with Gasteiger partial charge in [0.25, 0.3) is 5.91 Å². The molecule has 4 nitrogen and oxygen atoms in total. The van der Waals surface area contributed by atoms with E-state index in [9.17, 15) is 4.79 Å². The van der Waals surface area contributed by atoms with Crippen LogP contribution in [0.15, 0.2) is 29.3 Å². The van der Waals surface area contributed by atoms with Crippen LogP contribution in [-0.4, -0.2) is 27.5 Å². The van der Waals surface area contributed by atoms with E-state index in [0.717, 1.165) is 41.2 Å². The van der Waals surface area contributed by atoms with E-state index in [1.165, 1.54) is 25.0 Å². The molecule has 1 amide bonds. The van der Waals surface area contributed by atoms with E-state index in [1.54, 1.807) is 11.3 Å². The van der Waals surface area contributed by atoms with Gasteiger partial charge in [-0.1, -0.05) is 6.08 Å². The molecule has 1 fully saturated rings. The van der Waals surface area contributed by atoms with Gasteiger partial charge < -0.3 is 4.90 Å². The average molecular weight is 327 g/mol. The SMILES string of the molecule is Cc1cc(-c2cc(C(=O)N3CCCC4CCCC=C43)cs2)n[nH]1. The summed E-state index contributed by atoms with van der Waals surface area (Å²) in [5.74, 6) is 0.742. The molecule has 0 radical (unpaired) electrons. The van der Waals surface area contributed by atoms with Crippen LogP contribution in [0, 0.1) is 12.8 Å². The van der Waals surface area contributed by atoms with Crippen LogP contribution < -0.4 is 0 Å². The maximum Gasteiger partial charge on any atom is 0.258 e. The highest BCUT2D eigenvalue weighted by Gasteiger charge is 2.31. The summed E-state index contributed by atoms with van der Waals surface area (Å²) in [5, 5.41) is 9.21. The number of hydrogen-bond acceptors (Lipinski definition) is 3. The molecular weight excluding hydrogens is 306 g/mol. The molecule has 1 aliphatic carbocycles. The first-order valence-electron chi connectivity index (χ1n) is 8.35. The Bertz CT molecular complexity index is 758. The van der Waals surface area contributed by atoms with Crippen molar-refractivity contribution in [2.45, 2.75) is 39.0 Å². The summed E-state index contributed by atoms with van der Waals surface area (Å²) in [7, 11) is 0. The predicted octanol–water partition coefficient (Wildman–Crippen LogP) is 4.37. The highest BCUT2D eigenvalue weighted by Crippen LogP contribution is 2.36. The molecule has 5 heteroatoms. The molecule has 0 aromatic carbocycles. The Morgan fingerprint density at radius 2 is 2.22 bits per heavy atom. The number of hydrogen-bond donors (Lipinski definition) is 1. The lowest BCUT2D eigenvalue weighted by atomic mass is 9.84. The molecule has 120 valence electrons. The minimum absolute atomic E-state index is 0.151. The first-order chi connectivity index (χ1) is 11.2. The van der Waals surface area contributed by atoms with Crippen LogP contribution in [0.2, 0.25) is 0 Å². The zero-order chi connectivity index (χ0) is 15.8. The smallest absolute Gasteiger partial charge is 0.258 e. The third-order valence-corrected chi connectivity index (χ3v) is 5.78. The number of rotatable bonds is 2. The summed E-state index contributed by atoms with van der Waals surface area (Å²) in [5.41, 5.74) is 4.01. The van der Waals surface area contributed by atoms with Crippen molar-refractivity contribution < 1.29 is 4.79 Å². The van der Waals surface area contributed by atoms with E-state index in [4.69, 9.17) is 0 Å². The van der Waals surface area contributed by atoms with Gasteiger partial charge in [-0.2, -0.15) is 5.10 Å². The molecule has 2 aliphatic rings. The highest BCUT2D eigenvalue weighted by molar-refractivity contribution is 7.13. The molecule has 1 unspecified atom stereocenters. The summed E-state index contributed by atoms with van der Waals surface area (Å²) >= 11 is 1.59. The Morgan fingerprint density at radius 3 is 3.04 bits per heavy atom. The molecule has 23 heavy (non-hydrogen) atoms. The number of aromatic nitrogens is 2. The third kappa shape index (κ3) is 2.74. The monoisotopic (exact) mass is 327 g/mol. The second-order valence-corrected chi connectivity index (χ2v) is 7.40. The number of fused-ring (bicyclic) bond motifs is 1. The standard InChI is InChI=1S/C18H21N3OS/c1-12-9-15(20-19-12)17-10-14(11-23-17)18(22)21-8-4-6-13-5-2-3-7-16(13)21/h7,9-11,13H,2-6,8H2,1H3,(H,19,20). The fraction of sp³-hybridized carbons (Fsp3) is 0.444. The lowest BCUT2D eigenvalue weighted by Crippen LogP contribution is -2.38. The van der Waals surface area contributed by atoms with Crippen molar-refractivity contribution in [1.29, 1.82) is 0 Å². The molecule has 0 bridgehead atoms. The van der Waals surface area contributed by atoms with Gasteiger partial charge in [-0.05, 0) is 57.1 Å². The lowest BCUT2D eigenvalue weighted by Gasteiger charge is -2.37. The van der Waals surface area contributed by atoms with E-state index >= 15 is 0 Å². The van der Waals surface area contributed by atoms with Crippen molar-refractivity contribution in [3.63, 3.8) is 0 Å². The number of nitrogens with one attached hydrogen (secondary N) is 1. The van der Waals surface area contributed by atoms with Gasteiger partial charge in [0.2, 0.25) is 0 Å². The Kier molecular flexibility index (Phi) is 3.81. The Morgan fingerprint density at radius 1 is 1.35 bits per heavy atom. The van der Waals surface area contributed by atoms with Crippen LogP contribution in [0.25, 0.3) is 10.6 Å². The van der Waals surface area contributed by atoms with Gasteiger partial charge >= 0.3 is 0 Å². The quantitative estimate of drug-likeness (QED) is 0.890. The molecule has 4 rings (SSSR count). The molecular formula is C18H21N3OS. The van der Waals surface area contributed by atoms with Crippen molar-refractivity contribution in [2.75, 3.05) is 6.54 Å². The maximum absolute atomic E-state index is 13.0. The second kappa shape index (κ2) is 5.96. The van der Waals surface area contributed by atoms with Crippen molar-refractivity contribution in [3.8, 4) is 10.6 Å². The number of piperidine rings is 1. The number of aromatic amines is 1. The van der Waals surface area contributed by atoms with Crippen LogP contribution in [-0.2, 0) is 0 Å². The minimum atomic E-state index is 0.151. The Balaban J connectivity index is 1.59. The van der Waals surface area contributed by atoms with Gasteiger partial charge in [0, 0.05) is 23.3 Å². The normalized spacial score (nSPS) is 21.0. The van der Waals surface area contributed by atoms with Gasteiger partial charge in [-0.3, -0.25) is 9.89 Å². The number of carbonyl (C=O) groups excluding carboxylic acids is 1. The van der Waals surface area contributed by atoms with E-state index < -0.39 is 0 Å².